The first kappa shape index (κ1) is 27.4. The Morgan fingerprint density at radius 3 is 2.24 bits per heavy atom. The first-order valence-corrected chi connectivity index (χ1v) is 13.5. The van der Waals surface area contributed by atoms with Crippen molar-refractivity contribution in [3.8, 4) is 50.7 Å². The topological polar surface area (TPSA) is 59.2 Å². The Morgan fingerprint density at radius 2 is 1.45 bits per heavy atom. The molecule has 0 spiro atoms. The van der Waals surface area contributed by atoms with Crippen LogP contribution >= 0.6 is 0 Å². The van der Waals surface area contributed by atoms with Crippen molar-refractivity contribution < 1.29 is 30.6 Å². The molecule has 0 amide bonds. The van der Waals surface area contributed by atoms with Crippen molar-refractivity contribution in [1.82, 2.24) is 9.97 Å². The number of pyridine rings is 1. The molecule has 0 aliphatic carbocycles. The zero-order valence-corrected chi connectivity index (χ0v) is 24.7. The van der Waals surface area contributed by atoms with Crippen LogP contribution in [0.3, 0.4) is 0 Å². The average molecular weight is 725 g/mol. The van der Waals surface area contributed by atoms with Gasteiger partial charge in [-0.1, -0.05) is 96.1 Å². The van der Waals surface area contributed by atoms with E-state index in [4.69, 9.17) is 9.40 Å². The summed E-state index contributed by atoms with van der Waals surface area (Å²) in [6.45, 7) is 0. The molecule has 42 heavy (non-hydrogen) atoms. The molecule has 0 saturated heterocycles. The molecular weight excluding hydrogens is 699 g/mol. The molecule has 5 heteroatoms. The summed E-state index contributed by atoms with van der Waals surface area (Å²) in [6, 6.07) is 45.6. The summed E-state index contributed by atoms with van der Waals surface area (Å²) in [5.41, 5.74) is 9.89. The molecular formula is C37H25N2O2Pt-. The van der Waals surface area contributed by atoms with E-state index in [-0.39, 0.29) is 26.8 Å². The summed E-state index contributed by atoms with van der Waals surface area (Å²) >= 11 is 0. The first-order valence-electron chi connectivity index (χ1n) is 13.5. The van der Waals surface area contributed by atoms with Crippen molar-refractivity contribution >= 4 is 11.1 Å². The molecule has 0 bridgehead atoms. The number of hydrogen-bond donors (Lipinski definition) is 1. The maximum Gasteiger partial charge on any atom is 0.230 e. The summed E-state index contributed by atoms with van der Waals surface area (Å²) in [4.78, 5) is 9.53. The molecule has 0 aliphatic rings. The second-order valence-corrected chi connectivity index (χ2v) is 9.92. The van der Waals surface area contributed by atoms with Gasteiger partial charge >= 0.3 is 0 Å². The Labute approximate surface area is 258 Å². The normalized spacial score (nSPS) is 10.9. The van der Waals surface area contributed by atoms with Gasteiger partial charge in [-0.15, -0.1) is 29.8 Å². The number of oxazole rings is 1. The van der Waals surface area contributed by atoms with Gasteiger partial charge in [-0.2, -0.15) is 0 Å². The number of nitrogens with zero attached hydrogens (tertiary/aromatic N) is 2. The van der Waals surface area contributed by atoms with Crippen LogP contribution < -0.4 is 0 Å². The van der Waals surface area contributed by atoms with Crippen molar-refractivity contribution in [1.29, 1.82) is 0 Å². The maximum atomic E-state index is 10.8. The zero-order valence-electron chi connectivity index (χ0n) is 22.5. The van der Waals surface area contributed by atoms with Crippen LogP contribution in [0.5, 0.6) is 5.75 Å². The quantitative estimate of drug-likeness (QED) is 0.174. The van der Waals surface area contributed by atoms with Crippen molar-refractivity contribution in [2.45, 2.75) is 6.42 Å². The van der Waals surface area contributed by atoms with E-state index in [0.29, 0.717) is 17.0 Å². The van der Waals surface area contributed by atoms with Crippen LogP contribution in [0.4, 0.5) is 0 Å². The molecule has 0 unspecified atom stereocenters. The summed E-state index contributed by atoms with van der Waals surface area (Å²) in [7, 11) is 0. The van der Waals surface area contributed by atoms with Gasteiger partial charge < -0.3 is 9.52 Å². The zero-order chi connectivity index (χ0) is 27.6. The Balaban J connectivity index is 0.00000316. The fourth-order valence-corrected chi connectivity index (χ4v) is 5.22. The number of hydrogen-bond acceptors (Lipinski definition) is 4. The minimum atomic E-state index is 0. The summed E-state index contributed by atoms with van der Waals surface area (Å²) in [6.07, 6.45) is 2.52. The fourth-order valence-electron chi connectivity index (χ4n) is 5.22. The Morgan fingerprint density at radius 1 is 0.690 bits per heavy atom. The van der Waals surface area contributed by atoms with Gasteiger partial charge in [0.15, 0.2) is 0 Å². The largest absolute Gasteiger partial charge is 0.507 e. The van der Waals surface area contributed by atoms with Crippen LogP contribution in [0.25, 0.3) is 56.1 Å². The monoisotopic (exact) mass is 724 g/mol. The van der Waals surface area contributed by atoms with Crippen molar-refractivity contribution in [3.63, 3.8) is 0 Å². The van der Waals surface area contributed by atoms with Crippen molar-refractivity contribution in [2.24, 2.45) is 0 Å². The Hall–Kier alpha value is -4.79. The van der Waals surface area contributed by atoms with E-state index in [0.717, 1.165) is 51.0 Å². The second-order valence-electron chi connectivity index (χ2n) is 9.92. The number of aromatic hydroxyl groups is 1. The van der Waals surface area contributed by atoms with Gasteiger partial charge in [0.1, 0.15) is 11.3 Å². The van der Waals surface area contributed by atoms with E-state index in [2.05, 4.69) is 47.4 Å². The van der Waals surface area contributed by atoms with Crippen LogP contribution in [-0.2, 0) is 27.5 Å². The van der Waals surface area contributed by atoms with Crippen LogP contribution in [0.2, 0.25) is 0 Å². The van der Waals surface area contributed by atoms with Crippen molar-refractivity contribution in [3.05, 3.63) is 151 Å². The molecule has 5 aromatic carbocycles. The molecule has 4 nitrogen and oxygen atoms in total. The smallest absolute Gasteiger partial charge is 0.230 e. The molecule has 7 rings (SSSR count). The predicted octanol–water partition coefficient (Wildman–Crippen LogP) is 8.98. The average Bonchev–Trinajstić information content (AvgIpc) is 3.47. The molecule has 0 radical (unpaired) electrons. The molecule has 2 aromatic heterocycles. The summed E-state index contributed by atoms with van der Waals surface area (Å²) in [5.74, 6) is 0.486. The number of fused-ring (bicyclic) bond motifs is 1. The van der Waals surface area contributed by atoms with Crippen LogP contribution in [-0.4, -0.2) is 15.1 Å². The Kier molecular flexibility index (Phi) is 7.81. The maximum absolute atomic E-state index is 10.8. The molecule has 2 heterocycles. The SMILES string of the molecule is Oc1ccc(-c2ccccc2)cc1-c1nc2c(-c3[c-]c(-c4ccccn4)ccc3)c(Cc3ccccc3)ccc2o1.[Pt]. The van der Waals surface area contributed by atoms with Gasteiger partial charge in [0, 0.05) is 33.0 Å². The number of phenols is 1. The van der Waals surface area contributed by atoms with Crippen molar-refractivity contribution in [2.75, 3.05) is 0 Å². The van der Waals surface area contributed by atoms with E-state index in [1.165, 1.54) is 5.56 Å². The number of phenolic OH excluding ortho intramolecular Hbond substituents is 1. The number of aromatic nitrogens is 2. The minimum Gasteiger partial charge on any atom is -0.507 e. The van der Waals surface area contributed by atoms with Gasteiger partial charge in [-0.25, -0.2) is 4.98 Å². The van der Waals surface area contributed by atoms with E-state index >= 15 is 0 Å². The van der Waals surface area contributed by atoms with E-state index in [1.54, 1.807) is 12.3 Å². The summed E-state index contributed by atoms with van der Waals surface area (Å²) < 4.78 is 6.31. The molecule has 1 N–H and O–H groups in total. The first-order chi connectivity index (χ1) is 20.2. The Bertz CT molecular complexity index is 1970. The standard InChI is InChI=1S/C37H25N2O2.Pt/c40-33-19-17-27(26-12-5-2-6-13-26)24-31(33)37-39-36-34(41-37)20-18-30(22-25-10-3-1-4-11-25)35(36)29-15-9-14-28(23-29)32-16-7-8-21-38-32;/h1-21,24,40H,22H2;/q-1;. The van der Waals surface area contributed by atoms with Gasteiger partial charge in [0.2, 0.25) is 5.89 Å². The van der Waals surface area contributed by atoms with E-state index in [9.17, 15) is 5.11 Å². The van der Waals surface area contributed by atoms with Gasteiger partial charge in [0.05, 0.1) is 11.1 Å². The molecule has 0 saturated carbocycles. The fraction of sp³-hybridized carbons (Fsp3) is 0.0270. The molecule has 0 fully saturated rings. The molecule has 206 valence electrons. The van der Waals surface area contributed by atoms with Crippen LogP contribution in [0, 0.1) is 6.07 Å². The van der Waals surface area contributed by atoms with E-state index in [1.807, 2.05) is 84.9 Å². The van der Waals surface area contributed by atoms with E-state index < -0.39 is 0 Å². The van der Waals surface area contributed by atoms with Gasteiger partial charge in [-0.05, 0) is 52.9 Å². The number of rotatable bonds is 6. The third-order valence-corrected chi connectivity index (χ3v) is 7.22. The minimum absolute atomic E-state index is 0. The van der Waals surface area contributed by atoms with Gasteiger partial charge in [0.25, 0.3) is 0 Å². The molecule has 0 atom stereocenters. The van der Waals surface area contributed by atoms with Gasteiger partial charge in [-0.3, -0.25) is 4.98 Å². The van der Waals surface area contributed by atoms with Crippen LogP contribution in [0.1, 0.15) is 11.1 Å². The molecule has 7 aromatic rings. The summed E-state index contributed by atoms with van der Waals surface area (Å²) in [5, 5.41) is 10.8. The molecule has 0 aliphatic heterocycles. The third kappa shape index (κ3) is 5.42. The second kappa shape index (κ2) is 12.0. The predicted molar refractivity (Wildman–Crippen MR) is 163 cm³/mol. The third-order valence-electron chi connectivity index (χ3n) is 7.22. The number of benzene rings is 5. The van der Waals surface area contributed by atoms with Crippen LogP contribution in [0.15, 0.2) is 138 Å².